The van der Waals surface area contributed by atoms with Gasteiger partial charge in [0.05, 0.1) is 7.11 Å². The predicted octanol–water partition coefficient (Wildman–Crippen LogP) is 0.925. The van der Waals surface area contributed by atoms with Gasteiger partial charge in [0, 0.05) is 7.05 Å². The van der Waals surface area contributed by atoms with Gasteiger partial charge in [-0.05, 0) is 6.42 Å². The van der Waals surface area contributed by atoms with E-state index in [1.54, 1.807) is 0 Å². The molecule has 6 nitrogen and oxygen atoms in total. The van der Waals surface area contributed by atoms with E-state index in [2.05, 4.69) is 9.83 Å². The van der Waals surface area contributed by atoms with Gasteiger partial charge in [0.15, 0.2) is 0 Å². The number of hydrogen-bond donors (Lipinski definition) is 1. The normalized spacial score (nSPS) is 11.2. The zero-order valence-electron chi connectivity index (χ0n) is 8.48. The number of carbonyl (C=O) groups is 2. The van der Waals surface area contributed by atoms with E-state index in [9.17, 15) is 9.59 Å². The Balaban J connectivity index is 4.65. The molecule has 0 atom stereocenters. The molecule has 6 heteroatoms. The van der Waals surface area contributed by atoms with E-state index in [4.69, 9.17) is 5.11 Å². The highest BCUT2D eigenvalue weighted by atomic mass is 16.7. The lowest BCUT2D eigenvalue weighted by Gasteiger charge is -2.13. The molecular weight excluding hydrogens is 188 g/mol. The van der Waals surface area contributed by atoms with Crippen LogP contribution < -0.4 is 0 Å². The van der Waals surface area contributed by atoms with Crippen molar-refractivity contribution in [3.63, 3.8) is 0 Å². The quantitative estimate of drug-likeness (QED) is 0.543. The topological polar surface area (TPSA) is 79.2 Å². The van der Waals surface area contributed by atoms with Crippen LogP contribution >= 0.6 is 0 Å². The molecule has 0 bridgehead atoms. The summed E-state index contributed by atoms with van der Waals surface area (Å²) in [6.45, 7) is 1.83. The minimum atomic E-state index is -1.37. The van der Waals surface area contributed by atoms with E-state index in [-0.39, 0.29) is 5.71 Å². The Morgan fingerprint density at radius 3 is 2.43 bits per heavy atom. The molecule has 0 aromatic carbocycles. The fraction of sp³-hybridized carbons (Fsp3) is 0.625. The molecule has 0 aliphatic heterocycles. The SMILES string of the molecule is CCCC(=NC(=O)O)C(=O)N(C)OC. The summed E-state index contributed by atoms with van der Waals surface area (Å²) in [5.41, 5.74) is -0.00986. The zero-order chi connectivity index (χ0) is 11.1. The number of carbonyl (C=O) groups excluding carboxylic acids is 1. The molecule has 0 rings (SSSR count). The smallest absolute Gasteiger partial charge is 0.431 e. The highest BCUT2D eigenvalue weighted by Gasteiger charge is 2.16. The van der Waals surface area contributed by atoms with Gasteiger partial charge < -0.3 is 5.11 Å². The third-order valence-electron chi connectivity index (χ3n) is 1.52. The van der Waals surface area contributed by atoms with Crippen LogP contribution in [0.4, 0.5) is 4.79 Å². The number of hydrogen-bond acceptors (Lipinski definition) is 3. The van der Waals surface area contributed by atoms with Gasteiger partial charge in [0.1, 0.15) is 5.71 Å². The molecule has 80 valence electrons. The van der Waals surface area contributed by atoms with Crippen LogP contribution in [0.5, 0.6) is 0 Å². The Kier molecular flexibility index (Phi) is 5.47. The van der Waals surface area contributed by atoms with E-state index in [1.165, 1.54) is 14.2 Å². The molecule has 0 saturated heterocycles. The van der Waals surface area contributed by atoms with Crippen molar-refractivity contribution in [2.75, 3.05) is 14.2 Å². The van der Waals surface area contributed by atoms with Gasteiger partial charge >= 0.3 is 6.09 Å². The maximum Gasteiger partial charge on any atom is 0.431 e. The van der Waals surface area contributed by atoms with Gasteiger partial charge in [-0.15, -0.1) is 0 Å². The molecule has 0 unspecified atom stereocenters. The summed E-state index contributed by atoms with van der Waals surface area (Å²) in [6, 6.07) is 0. The predicted molar refractivity (Wildman–Crippen MR) is 50.1 cm³/mol. The van der Waals surface area contributed by atoms with Crippen molar-refractivity contribution in [3.05, 3.63) is 0 Å². The van der Waals surface area contributed by atoms with Gasteiger partial charge in [-0.25, -0.2) is 9.86 Å². The first-order chi connectivity index (χ1) is 6.52. The number of rotatable bonds is 4. The highest BCUT2D eigenvalue weighted by molar-refractivity contribution is 6.39. The molecule has 0 spiro atoms. The van der Waals surface area contributed by atoms with Crippen LogP contribution in [0.2, 0.25) is 0 Å². The average molecular weight is 202 g/mol. The second-order valence-corrected chi connectivity index (χ2v) is 2.58. The van der Waals surface area contributed by atoms with Crippen LogP contribution in [-0.4, -0.2) is 42.0 Å². The molecule has 0 aliphatic rings. The monoisotopic (exact) mass is 202 g/mol. The standard InChI is InChI=1S/C8H14N2O4/c1-4-5-6(9-8(12)13)7(11)10(2)14-3/h4-5H2,1-3H3,(H,12,13). The molecule has 0 aliphatic carbocycles. The Morgan fingerprint density at radius 2 is 2.07 bits per heavy atom. The van der Waals surface area contributed by atoms with Gasteiger partial charge in [-0.3, -0.25) is 9.63 Å². The lowest BCUT2D eigenvalue weighted by atomic mass is 10.2. The molecule has 0 radical (unpaired) electrons. The van der Waals surface area contributed by atoms with E-state index < -0.39 is 12.0 Å². The van der Waals surface area contributed by atoms with Crippen molar-refractivity contribution in [2.45, 2.75) is 19.8 Å². The first kappa shape index (κ1) is 12.6. The number of aliphatic imine (C=N–C) groups is 1. The Bertz CT molecular complexity index is 250. The Hall–Kier alpha value is -1.43. The number of amides is 2. The second-order valence-electron chi connectivity index (χ2n) is 2.58. The third kappa shape index (κ3) is 3.99. The lowest BCUT2D eigenvalue weighted by molar-refractivity contribution is -0.160. The van der Waals surface area contributed by atoms with Crippen LogP contribution in [-0.2, 0) is 9.63 Å². The summed E-state index contributed by atoms with van der Waals surface area (Å²) in [4.78, 5) is 29.5. The van der Waals surface area contributed by atoms with Crippen LogP contribution in [0.1, 0.15) is 19.8 Å². The second kappa shape index (κ2) is 6.09. The molecule has 0 fully saturated rings. The third-order valence-corrected chi connectivity index (χ3v) is 1.52. The van der Waals surface area contributed by atoms with Gasteiger partial charge in [0.25, 0.3) is 5.91 Å². The van der Waals surface area contributed by atoms with Gasteiger partial charge in [0.2, 0.25) is 0 Å². The summed E-state index contributed by atoms with van der Waals surface area (Å²) in [5, 5.41) is 9.36. The molecule has 0 heterocycles. The van der Waals surface area contributed by atoms with Gasteiger partial charge in [-0.2, -0.15) is 4.99 Å². The van der Waals surface area contributed by atoms with Gasteiger partial charge in [-0.1, -0.05) is 13.3 Å². The van der Waals surface area contributed by atoms with E-state index in [1.807, 2.05) is 6.92 Å². The van der Waals surface area contributed by atoms with Crippen LogP contribution in [0.15, 0.2) is 4.99 Å². The fourth-order valence-electron chi connectivity index (χ4n) is 0.828. The molecule has 0 aromatic rings. The van der Waals surface area contributed by atoms with Crippen molar-refractivity contribution in [2.24, 2.45) is 4.99 Å². The van der Waals surface area contributed by atoms with Crippen molar-refractivity contribution in [1.29, 1.82) is 0 Å². The number of hydroxylamine groups is 2. The Morgan fingerprint density at radius 1 is 1.50 bits per heavy atom. The van der Waals surface area contributed by atoms with Crippen LogP contribution in [0.3, 0.4) is 0 Å². The molecular formula is C8H14N2O4. The molecule has 2 amide bonds. The number of carboxylic acid groups (broad SMARTS) is 1. The largest absolute Gasteiger partial charge is 0.463 e. The maximum absolute atomic E-state index is 11.4. The minimum Gasteiger partial charge on any atom is -0.463 e. The maximum atomic E-state index is 11.4. The van der Waals surface area contributed by atoms with Crippen molar-refractivity contribution in [1.82, 2.24) is 5.06 Å². The first-order valence-electron chi connectivity index (χ1n) is 4.15. The number of nitrogens with zero attached hydrogens (tertiary/aromatic N) is 2. The van der Waals surface area contributed by atoms with E-state index >= 15 is 0 Å². The van der Waals surface area contributed by atoms with Crippen LogP contribution in [0, 0.1) is 0 Å². The Labute approximate surface area is 82.1 Å². The molecule has 1 N–H and O–H groups in total. The summed E-state index contributed by atoms with van der Waals surface area (Å²) < 4.78 is 0. The van der Waals surface area contributed by atoms with Crippen molar-refractivity contribution >= 4 is 17.7 Å². The van der Waals surface area contributed by atoms with E-state index in [0.717, 1.165) is 5.06 Å². The minimum absolute atomic E-state index is 0.00986. The summed E-state index contributed by atoms with van der Waals surface area (Å²) in [6.07, 6.45) is -0.403. The molecule has 0 aromatic heterocycles. The molecule has 0 saturated carbocycles. The molecule has 14 heavy (non-hydrogen) atoms. The summed E-state index contributed by atoms with van der Waals surface area (Å²) >= 11 is 0. The fourth-order valence-corrected chi connectivity index (χ4v) is 0.828. The highest BCUT2D eigenvalue weighted by Crippen LogP contribution is 1.98. The summed E-state index contributed by atoms with van der Waals surface area (Å²) in [5.74, 6) is -0.531. The zero-order valence-corrected chi connectivity index (χ0v) is 8.48. The summed E-state index contributed by atoms with van der Waals surface area (Å²) in [7, 11) is 2.72. The van der Waals surface area contributed by atoms with Crippen molar-refractivity contribution < 1.29 is 19.5 Å². The van der Waals surface area contributed by atoms with Crippen molar-refractivity contribution in [3.8, 4) is 0 Å². The van der Waals surface area contributed by atoms with E-state index in [0.29, 0.717) is 12.8 Å². The first-order valence-corrected chi connectivity index (χ1v) is 4.15. The average Bonchev–Trinajstić information content (AvgIpc) is 2.14. The lowest BCUT2D eigenvalue weighted by Crippen LogP contribution is -2.32. The van der Waals surface area contributed by atoms with Crippen LogP contribution in [0.25, 0.3) is 0 Å².